The summed E-state index contributed by atoms with van der Waals surface area (Å²) < 4.78 is 18.8. The monoisotopic (exact) mass is 494 g/mol. The summed E-state index contributed by atoms with van der Waals surface area (Å²) >= 11 is 12.2. The van der Waals surface area contributed by atoms with Crippen molar-refractivity contribution in [2.45, 2.75) is 31.6 Å². The molecule has 1 saturated heterocycles. The number of hydrogen-bond acceptors (Lipinski definition) is 3. The number of rotatable bonds is 10. The predicted molar refractivity (Wildman–Crippen MR) is 133 cm³/mol. The van der Waals surface area contributed by atoms with E-state index in [1.165, 1.54) is 12.1 Å². The van der Waals surface area contributed by atoms with E-state index in [1.54, 1.807) is 18.1 Å². The van der Waals surface area contributed by atoms with E-state index in [9.17, 15) is 9.18 Å². The fraction of sp³-hybridized carbons (Fsp3) is 0.500. The fourth-order valence-electron chi connectivity index (χ4n) is 4.59. The second kappa shape index (κ2) is 12.7. The average Bonchev–Trinajstić information content (AvgIpc) is 2.80. The highest BCUT2D eigenvalue weighted by Crippen LogP contribution is 2.36. The lowest BCUT2D eigenvalue weighted by Gasteiger charge is -2.36. The summed E-state index contributed by atoms with van der Waals surface area (Å²) in [6, 6.07) is 12.1. The number of hydrogen-bond donors (Lipinski definition) is 0. The Bertz CT molecular complexity index is 881. The van der Waals surface area contributed by atoms with Gasteiger partial charge in [-0.15, -0.1) is 0 Å². The Morgan fingerprint density at radius 2 is 1.79 bits per heavy atom. The van der Waals surface area contributed by atoms with E-state index < -0.39 is 0 Å². The van der Waals surface area contributed by atoms with Crippen LogP contribution in [0.3, 0.4) is 0 Å². The van der Waals surface area contributed by atoms with Gasteiger partial charge in [0.25, 0.3) is 0 Å². The van der Waals surface area contributed by atoms with Crippen LogP contribution in [-0.4, -0.2) is 62.7 Å². The van der Waals surface area contributed by atoms with Crippen molar-refractivity contribution in [2.24, 2.45) is 5.92 Å². The summed E-state index contributed by atoms with van der Waals surface area (Å²) in [6.07, 6.45) is 3.14. The van der Waals surface area contributed by atoms with Crippen LogP contribution in [0, 0.1) is 11.7 Å². The number of halogens is 3. The summed E-state index contributed by atoms with van der Waals surface area (Å²) in [5.74, 6) is 0.304. The number of methoxy groups -OCH3 is 1. The molecule has 1 unspecified atom stereocenters. The molecule has 0 spiro atoms. The number of likely N-dealkylation sites (N-methyl/N-ethyl adjacent to an activating group) is 1. The summed E-state index contributed by atoms with van der Waals surface area (Å²) in [7, 11) is 3.56. The van der Waals surface area contributed by atoms with Crippen molar-refractivity contribution in [3.05, 3.63) is 69.5 Å². The lowest BCUT2D eigenvalue weighted by Crippen LogP contribution is -2.38. The SMILES string of the molecule is COCCN1CCC(C(CC(=O)N(C)CCc2cc(Cl)cc(Cl)c2)c2ccc(F)cc2)CC1. The zero-order chi connectivity index (χ0) is 23.8. The number of nitrogens with zero attached hydrogens (tertiary/aromatic N) is 2. The first-order chi connectivity index (χ1) is 15.9. The Labute approximate surface area is 206 Å². The summed E-state index contributed by atoms with van der Waals surface area (Å²) in [6.45, 7) is 4.23. The molecule has 0 aromatic heterocycles. The lowest BCUT2D eigenvalue weighted by molar-refractivity contribution is -0.130. The van der Waals surface area contributed by atoms with E-state index >= 15 is 0 Å². The van der Waals surface area contributed by atoms with Gasteiger partial charge in [0.2, 0.25) is 5.91 Å². The van der Waals surface area contributed by atoms with Crippen molar-refractivity contribution in [1.82, 2.24) is 9.80 Å². The van der Waals surface area contributed by atoms with Crippen LogP contribution in [0.15, 0.2) is 42.5 Å². The molecule has 2 aromatic carbocycles. The summed E-state index contributed by atoms with van der Waals surface area (Å²) in [5, 5.41) is 1.19. The third-order valence-corrected chi connectivity index (χ3v) is 7.03. The van der Waals surface area contributed by atoms with Crippen LogP contribution in [0.2, 0.25) is 10.0 Å². The topological polar surface area (TPSA) is 32.8 Å². The quantitative estimate of drug-likeness (QED) is 0.426. The Morgan fingerprint density at radius 1 is 1.15 bits per heavy atom. The lowest BCUT2D eigenvalue weighted by atomic mass is 9.78. The van der Waals surface area contributed by atoms with Crippen LogP contribution in [0.1, 0.15) is 36.3 Å². The van der Waals surface area contributed by atoms with Crippen molar-refractivity contribution >= 4 is 29.1 Å². The van der Waals surface area contributed by atoms with Crippen molar-refractivity contribution in [2.75, 3.05) is 46.9 Å². The smallest absolute Gasteiger partial charge is 0.222 e. The number of carbonyl (C=O) groups is 1. The molecule has 0 aliphatic carbocycles. The number of carbonyl (C=O) groups excluding carboxylic acids is 1. The molecule has 0 bridgehead atoms. The van der Waals surface area contributed by atoms with Gasteiger partial charge in [-0.2, -0.15) is 0 Å². The maximum Gasteiger partial charge on any atom is 0.222 e. The minimum atomic E-state index is -0.254. The molecule has 0 radical (unpaired) electrons. The molecule has 1 amide bonds. The molecule has 4 nitrogen and oxygen atoms in total. The maximum absolute atomic E-state index is 13.6. The standard InChI is InChI=1S/C26H33Cl2FN2O2/c1-30(10-7-19-15-22(27)17-23(28)16-19)26(32)18-25(20-3-5-24(29)6-4-20)21-8-11-31(12-9-21)13-14-33-2/h3-6,15-17,21,25H,7-14,18H2,1-2H3. The van der Waals surface area contributed by atoms with Gasteiger partial charge < -0.3 is 14.5 Å². The van der Waals surface area contributed by atoms with E-state index in [1.807, 2.05) is 31.3 Å². The summed E-state index contributed by atoms with van der Waals surface area (Å²) in [4.78, 5) is 17.4. The minimum Gasteiger partial charge on any atom is -0.383 e. The first-order valence-corrected chi connectivity index (χ1v) is 12.3. The Balaban J connectivity index is 1.63. The number of likely N-dealkylation sites (tertiary alicyclic amines) is 1. The predicted octanol–water partition coefficient (Wildman–Crippen LogP) is 5.67. The molecule has 33 heavy (non-hydrogen) atoms. The highest BCUT2D eigenvalue weighted by molar-refractivity contribution is 6.34. The molecule has 1 heterocycles. The van der Waals surface area contributed by atoms with Crippen molar-refractivity contribution in [3.8, 4) is 0 Å². The molecule has 1 aliphatic rings. The van der Waals surface area contributed by atoms with E-state index in [0.717, 1.165) is 50.2 Å². The summed E-state index contributed by atoms with van der Waals surface area (Å²) in [5.41, 5.74) is 2.04. The van der Waals surface area contributed by atoms with Crippen molar-refractivity contribution in [3.63, 3.8) is 0 Å². The van der Waals surface area contributed by atoms with Gasteiger partial charge >= 0.3 is 0 Å². The zero-order valence-corrected chi connectivity index (χ0v) is 20.9. The van der Waals surface area contributed by atoms with Gasteiger partial charge in [0.05, 0.1) is 6.61 Å². The molecule has 1 fully saturated rings. The molecule has 3 rings (SSSR count). The molecular formula is C26H33Cl2FN2O2. The highest BCUT2D eigenvalue weighted by atomic mass is 35.5. The van der Waals surface area contributed by atoms with E-state index in [0.29, 0.717) is 35.3 Å². The van der Waals surface area contributed by atoms with Crippen LogP contribution in [-0.2, 0) is 16.0 Å². The Morgan fingerprint density at radius 3 is 2.39 bits per heavy atom. The van der Waals surface area contributed by atoms with Gasteiger partial charge in [-0.1, -0.05) is 35.3 Å². The van der Waals surface area contributed by atoms with Gasteiger partial charge in [0.15, 0.2) is 0 Å². The molecular weight excluding hydrogens is 462 g/mol. The molecule has 0 N–H and O–H groups in total. The van der Waals surface area contributed by atoms with Gasteiger partial charge in [-0.3, -0.25) is 4.79 Å². The highest BCUT2D eigenvalue weighted by Gasteiger charge is 2.30. The van der Waals surface area contributed by atoms with Gasteiger partial charge in [0.1, 0.15) is 5.82 Å². The minimum absolute atomic E-state index is 0.0748. The second-order valence-electron chi connectivity index (χ2n) is 8.88. The van der Waals surface area contributed by atoms with Crippen LogP contribution < -0.4 is 0 Å². The Kier molecular flexibility index (Phi) is 9.99. The van der Waals surface area contributed by atoms with Crippen LogP contribution in [0.5, 0.6) is 0 Å². The van der Waals surface area contributed by atoms with Crippen LogP contribution >= 0.6 is 23.2 Å². The number of amides is 1. The number of benzene rings is 2. The van der Waals surface area contributed by atoms with Crippen molar-refractivity contribution < 1.29 is 13.9 Å². The van der Waals surface area contributed by atoms with Gasteiger partial charge in [0, 0.05) is 43.7 Å². The Hall–Kier alpha value is -1.66. The normalized spacial score (nSPS) is 16.0. The first kappa shape index (κ1) is 26.0. The fourth-order valence-corrected chi connectivity index (χ4v) is 5.16. The third-order valence-electron chi connectivity index (χ3n) is 6.59. The number of piperidine rings is 1. The largest absolute Gasteiger partial charge is 0.383 e. The molecule has 1 aliphatic heterocycles. The van der Waals surface area contributed by atoms with Crippen LogP contribution in [0.25, 0.3) is 0 Å². The molecule has 1 atom stereocenters. The molecule has 180 valence electrons. The van der Waals surface area contributed by atoms with E-state index in [2.05, 4.69) is 4.90 Å². The maximum atomic E-state index is 13.6. The van der Waals surface area contributed by atoms with E-state index in [-0.39, 0.29) is 17.6 Å². The third kappa shape index (κ3) is 7.96. The molecule has 2 aromatic rings. The second-order valence-corrected chi connectivity index (χ2v) is 9.75. The van der Waals surface area contributed by atoms with Crippen LogP contribution in [0.4, 0.5) is 4.39 Å². The zero-order valence-electron chi connectivity index (χ0n) is 19.4. The number of ether oxygens (including phenoxy) is 1. The van der Waals surface area contributed by atoms with Gasteiger partial charge in [-0.25, -0.2) is 4.39 Å². The van der Waals surface area contributed by atoms with E-state index in [4.69, 9.17) is 27.9 Å². The molecule has 0 saturated carbocycles. The molecule has 7 heteroatoms. The first-order valence-electron chi connectivity index (χ1n) is 11.5. The van der Waals surface area contributed by atoms with Gasteiger partial charge in [-0.05, 0) is 85.6 Å². The average molecular weight is 495 g/mol. The van der Waals surface area contributed by atoms with Crippen molar-refractivity contribution in [1.29, 1.82) is 0 Å².